The van der Waals surface area contributed by atoms with Crippen molar-refractivity contribution < 1.29 is 0 Å². The van der Waals surface area contributed by atoms with Gasteiger partial charge in [0, 0.05) is 18.1 Å². The Morgan fingerprint density at radius 3 is 2.61 bits per heavy atom. The van der Waals surface area contributed by atoms with Gasteiger partial charge in [0.15, 0.2) is 0 Å². The van der Waals surface area contributed by atoms with Gasteiger partial charge in [-0.2, -0.15) is 0 Å². The van der Waals surface area contributed by atoms with Crippen LogP contribution in [0.4, 0.5) is 11.5 Å². The smallest absolute Gasteiger partial charge is 0.123 e. The zero-order valence-electron chi connectivity index (χ0n) is 11.0. The van der Waals surface area contributed by atoms with Crippen LogP contribution in [-0.2, 0) is 0 Å². The van der Waals surface area contributed by atoms with E-state index >= 15 is 0 Å². The van der Waals surface area contributed by atoms with Gasteiger partial charge in [0.2, 0.25) is 0 Å². The lowest BCUT2D eigenvalue weighted by Gasteiger charge is -2.47. The Morgan fingerprint density at radius 2 is 2.00 bits per heavy atom. The first-order valence-corrected chi connectivity index (χ1v) is 6.92. The largest absolute Gasteiger partial charge is 0.384 e. The van der Waals surface area contributed by atoms with Gasteiger partial charge in [-0.1, -0.05) is 6.42 Å². The Balaban J connectivity index is 1.66. The first-order chi connectivity index (χ1) is 8.72. The SMILES string of the molecule is CN1C2CCCC1CC(Nc1ccc(N)nc1)C2. The zero-order valence-corrected chi connectivity index (χ0v) is 11.0. The summed E-state index contributed by atoms with van der Waals surface area (Å²) in [5.74, 6) is 0.584. The molecule has 3 heterocycles. The zero-order chi connectivity index (χ0) is 12.5. The van der Waals surface area contributed by atoms with Gasteiger partial charge in [0.05, 0.1) is 11.9 Å². The fourth-order valence-electron chi connectivity index (χ4n) is 3.46. The molecule has 18 heavy (non-hydrogen) atoms. The van der Waals surface area contributed by atoms with E-state index in [0.717, 1.165) is 17.8 Å². The molecule has 1 aromatic heterocycles. The molecule has 3 N–H and O–H groups in total. The minimum absolute atomic E-state index is 0.584. The minimum Gasteiger partial charge on any atom is -0.384 e. The van der Waals surface area contributed by atoms with Crippen LogP contribution < -0.4 is 11.1 Å². The predicted octanol–water partition coefficient (Wildman–Crippen LogP) is 2.09. The van der Waals surface area contributed by atoms with Gasteiger partial charge in [-0.25, -0.2) is 4.98 Å². The lowest BCUT2D eigenvalue weighted by atomic mass is 9.82. The summed E-state index contributed by atoms with van der Waals surface area (Å²) >= 11 is 0. The number of rotatable bonds is 2. The van der Waals surface area contributed by atoms with Crippen molar-refractivity contribution >= 4 is 11.5 Å². The molecule has 1 aromatic rings. The van der Waals surface area contributed by atoms with Crippen LogP contribution >= 0.6 is 0 Å². The third-order valence-corrected chi connectivity index (χ3v) is 4.50. The molecule has 4 nitrogen and oxygen atoms in total. The van der Waals surface area contributed by atoms with E-state index in [1.54, 1.807) is 0 Å². The van der Waals surface area contributed by atoms with Crippen molar-refractivity contribution in [3.8, 4) is 0 Å². The molecule has 2 fully saturated rings. The van der Waals surface area contributed by atoms with Crippen molar-refractivity contribution in [3.63, 3.8) is 0 Å². The molecule has 98 valence electrons. The van der Waals surface area contributed by atoms with E-state index < -0.39 is 0 Å². The van der Waals surface area contributed by atoms with E-state index in [9.17, 15) is 0 Å². The summed E-state index contributed by atoms with van der Waals surface area (Å²) in [6, 6.07) is 5.99. The molecule has 0 saturated carbocycles. The fraction of sp³-hybridized carbons (Fsp3) is 0.643. The topological polar surface area (TPSA) is 54.2 Å². The Morgan fingerprint density at radius 1 is 1.28 bits per heavy atom. The first-order valence-electron chi connectivity index (χ1n) is 6.92. The lowest BCUT2D eigenvalue weighted by Crippen LogP contribution is -2.52. The second-order valence-corrected chi connectivity index (χ2v) is 5.69. The van der Waals surface area contributed by atoms with E-state index in [0.29, 0.717) is 11.9 Å². The Labute approximate surface area is 109 Å². The molecule has 3 rings (SSSR count). The summed E-state index contributed by atoms with van der Waals surface area (Å²) in [5.41, 5.74) is 6.70. The van der Waals surface area contributed by atoms with Crippen LogP contribution in [0, 0.1) is 0 Å². The van der Waals surface area contributed by atoms with E-state index in [1.165, 1.54) is 32.1 Å². The van der Waals surface area contributed by atoms with Crippen molar-refractivity contribution in [3.05, 3.63) is 18.3 Å². The number of hydrogen-bond donors (Lipinski definition) is 2. The highest BCUT2D eigenvalue weighted by Gasteiger charge is 2.35. The van der Waals surface area contributed by atoms with Crippen LogP contribution in [0.2, 0.25) is 0 Å². The summed E-state index contributed by atoms with van der Waals surface area (Å²) in [7, 11) is 2.29. The third-order valence-electron chi connectivity index (χ3n) is 4.50. The van der Waals surface area contributed by atoms with Crippen molar-refractivity contribution in [2.75, 3.05) is 18.1 Å². The van der Waals surface area contributed by atoms with Crippen molar-refractivity contribution in [1.29, 1.82) is 0 Å². The molecular formula is C14H22N4. The number of hydrogen-bond acceptors (Lipinski definition) is 4. The molecule has 0 radical (unpaired) electrons. The van der Waals surface area contributed by atoms with Gasteiger partial charge < -0.3 is 16.0 Å². The number of nitrogens with one attached hydrogen (secondary N) is 1. The summed E-state index contributed by atoms with van der Waals surface area (Å²) in [5, 5.41) is 3.61. The quantitative estimate of drug-likeness (QED) is 0.839. The van der Waals surface area contributed by atoms with Crippen molar-refractivity contribution in [2.24, 2.45) is 0 Å². The molecule has 4 heteroatoms. The number of piperidine rings is 2. The number of nitrogen functional groups attached to an aromatic ring is 1. The van der Waals surface area contributed by atoms with E-state index in [4.69, 9.17) is 5.73 Å². The second-order valence-electron chi connectivity index (χ2n) is 5.69. The maximum Gasteiger partial charge on any atom is 0.123 e. The second kappa shape index (κ2) is 4.76. The van der Waals surface area contributed by atoms with Crippen LogP contribution in [-0.4, -0.2) is 35.1 Å². The number of nitrogens with zero attached hydrogens (tertiary/aromatic N) is 2. The van der Waals surface area contributed by atoms with Crippen molar-refractivity contribution in [1.82, 2.24) is 9.88 Å². The molecule has 2 atom stereocenters. The molecule has 0 aromatic carbocycles. The molecular weight excluding hydrogens is 224 g/mol. The maximum atomic E-state index is 5.61. The van der Waals surface area contributed by atoms with Crippen LogP contribution in [0.1, 0.15) is 32.1 Å². The van der Waals surface area contributed by atoms with Crippen LogP contribution in [0.15, 0.2) is 18.3 Å². The van der Waals surface area contributed by atoms with Crippen LogP contribution in [0.3, 0.4) is 0 Å². The molecule has 2 saturated heterocycles. The molecule has 2 bridgehead atoms. The number of aromatic nitrogens is 1. The molecule has 0 aliphatic carbocycles. The van der Waals surface area contributed by atoms with Gasteiger partial charge >= 0.3 is 0 Å². The Bertz CT molecular complexity index is 389. The number of fused-ring (bicyclic) bond motifs is 2. The van der Waals surface area contributed by atoms with E-state index in [2.05, 4.69) is 22.2 Å². The van der Waals surface area contributed by atoms with Crippen molar-refractivity contribution in [2.45, 2.75) is 50.2 Å². The summed E-state index contributed by atoms with van der Waals surface area (Å²) in [6.07, 6.45) is 8.43. The number of pyridine rings is 1. The summed E-state index contributed by atoms with van der Waals surface area (Å²) < 4.78 is 0. The summed E-state index contributed by atoms with van der Waals surface area (Å²) in [6.45, 7) is 0. The highest BCUT2D eigenvalue weighted by atomic mass is 15.2. The van der Waals surface area contributed by atoms with Crippen LogP contribution in [0.25, 0.3) is 0 Å². The van der Waals surface area contributed by atoms with E-state index in [1.807, 2.05) is 18.3 Å². The maximum absolute atomic E-state index is 5.61. The van der Waals surface area contributed by atoms with Gasteiger partial charge in [-0.05, 0) is 44.9 Å². The molecule has 2 aliphatic heterocycles. The number of nitrogens with two attached hydrogens (primary N) is 1. The highest BCUT2D eigenvalue weighted by Crippen LogP contribution is 2.33. The monoisotopic (exact) mass is 246 g/mol. The first kappa shape index (κ1) is 11.8. The van der Waals surface area contributed by atoms with Gasteiger partial charge in [0.25, 0.3) is 0 Å². The average molecular weight is 246 g/mol. The minimum atomic E-state index is 0.584. The Kier molecular flexibility index (Phi) is 3.12. The van der Waals surface area contributed by atoms with E-state index in [-0.39, 0.29) is 0 Å². The summed E-state index contributed by atoms with van der Waals surface area (Å²) in [4.78, 5) is 6.72. The number of anilines is 2. The molecule has 2 unspecified atom stereocenters. The van der Waals surface area contributed by atoms with Gasteiger partial charge in [-0.15, -0.1) is 0 Å². The fourth-order valence-corrected chi connectivity index (χ4v) is 3.46. The molecule has 2 aliphatic rings. The molecule has 0 amide bonds. The Hall–Kier alpha value is -1.29. The van der Waals surface area contributed by atoms with Gasteiger partial charge in [-0.3, -0.25) is 0 Å². The predicted molar refractivity (Wildman–Crippen MR) is 74.5 cm³/mol. The third kappa shape index (κ3) is 2.29. The normalized spacial score (nSPS) is 32.2. The standard InChI is InChI=1S/C14H22N4/c1-18-12-3-2-4-13(18)8-11(7-12)17-10-5-6-14(15)16-9-10/h5-6,9,11-13,17H,2-4,7-8H2,1H3,(H2,15,16). The van der Waals surface area contributed by atoms with Gasteiger partial charge in [0.1, 0.15) is 5.82 Å². The molecule has 0 spiro atoms. The van der Waals surface area contributed by atoms with Crippen LogP contribution in [0.5, 0.6) is 0 Å². The lowest BCUT2D eigenvalue weighted by molar-refractivity contribution is 0.0608. The highest BCUT2D eigenvalue weighted by molar-refractivity contribution is 5.46. The average Bonchev–Trinajstić information content (AvgIpc) is 2.33.